The summed E-state index contributed by atoms with van der Waals surface area (Å²) in [6, 6.07) is 13.0. The predicted octanol–water partition coefficient (Wildman–Crippen LogP) is 5.93. The average Bonchev–Trinajstić information content (AvgIpc) is 2.82. The summed E-state index contributed by atoms with van der Waals surface area (Å²) in [4.78, 5) is 0. The molecule has 0 atom stereocenters. The van der Waals surface area contributed by atoms with Crippen LogP contribution < -0.4 is 6.53 Å². The molecule has 1 aliphatic rings. The molecule has 0 radical (unpaired) electrons. The topological polar surface area (TPSA) is 12.0 Å². The van der Waals surface area contributed by atoms with E-state index in [1.165, 1.54) is 25.5 Å². The molecular formula is C19H25BrCl2NSiZr. The fourth-order valence-corrected chi connectivity index (χ4v) is 33.8. The maximum absolute atomic E-state index is 7.57. The number of rotatable bonds is 3. The van der Waals surface area contributed by atoms with E-state index in [4.69, 9.17) is 17.0 Å². The summed E-state index contributed by atoms with van der Waals surface area (Å²) in [5.74, 6) is -1.40. The summed E-state index contributed by atoms with van der Waals surface area (Å²) in [5.41, 5.74) is 5.17. The first-order chi connectivity index (χ1) is 11.4. The number of hydrogen-bond donors (Lipinski definition) is 1. The van der Waals surface area contributed by atoms with E-state index < -0.39 is 21.8 Å². The molecule has 0 bridgehead atoms. The van der Waals surface area contributed by atoms with Crippen LogP contribution in [0.15, 0.2) is 40.9 Å². The number of halogens is 3. The Labute approximate surface area is 168 Å². The fourth-order valence-electron chi connectivity index (χ4n) is 3.86. The van der Waals surface area contributed by atoms with Gasteiger partial charge in [0.15, 0.2) is 0 Å². The van der Waals surface area contributed by atoms with Gasteiger partial charge in [-0.1, -0.05) is 0 Å². The molecule has 0 saturated carbocycles. The van der Waals surface area contributed by atoms with E-state index in [1.54, 1.807) is 0 Å². The molecule has 3 rings (SSSR count). The van der Waals surface area contributed by atoms with Crippen LogP contribution in [0.25, 0.3) is 11.1 Å². The van der Waals surface area contributed by atoms with Crippen molar-refractivity contribution in [2.24, 2.45) is 0 Å². The first-order valence-electron chi connectivity index (χ1n) is 8.71. The van der Waals surface area contributed by atoms with Gasteiger partial charge in [-0.15, -0.1) is 0 Å². The van der Waals surface area contributed by atoms with Crippen molar-refractivity contribution in [1.82, 2.24) is 3.26 Å². The number of hydrogen-bond acceptors (Lipinski definition) is 1. The molecule has 0 fully saturated rings. The molecular weight excluding hydrogens is 512 g/mol. The summed E-state index contributed by atoms with van der Waals surface area (Å²) in [7, 11) is 15.1. The van der Waals surface area contributed by atoms with Crippen LogP contribution in [0.4, 0.5) is 0 Å². The third-order valence-corrected chi connectivity index (χ3v) is 51.6. The van der Waals surface area contributed by atoms with Crippen LogP contribution in [0.2, 0.25) is 13.1 Å². The Morgan fingerprint density at radius 3 is 2.28 bits per heavy atom. The van der Waals surface area contributed by atoms with Crippen LogP contribution in [0.3, 0.4) is 0 Å². The van der Waals surface area contributed by atoms with Crippen molar-refractivity contribution in [3.05, 3.63) is 52.0 Å². The van der Waals surface area contributed by atoms with Crippen molar-refractivity contribution >= 4 is 42.2 Å². The molecule has 2 aromatic rings. The first-order valence-corrected chi connectivity index (χ1v) is 25.4. The summed E-state index contributed by atoms with van der Waals surface area (Å²) >= 11 is -0.579. The van der Waals surface area contributed by atoms with Crippen molar-refractivity contribution in [2.45, 2.75) is 45.8 Å². The van der Waals surface area contributed by atoms with Crippen molar-refractivity contribution in [3.63, 3.8) is 0 Å². The molecule has 1 aliphatic carbocycles. The molecule has 6 heteroatoms. The molecule has 1 N–H and O–H groups in total. The van der Waals surface area contributed by atoms with E-state index in [0.29, 0.717) is 0 Å². The summed E-state index contributed by atoms with van der Waals surface area (Å²) in [5, 5.41) is 0. The van der Waals surface area contributed by atoms with Gasteiger partial charge in [-0.3, -0.25) is 0 Å². The molecule has 0 amide bonds. The Bertz CT molecular complexity index is 846. The zero-order chi connectivity index (χ0) is 18.6. The van der Waals surface area contributed by atoms with Gasteiger partial charge in [0.05, 0.1) is 0 Å². The number of nitrogens with one attached hydrogen (secondary N) is 1. The van der Waals surface area contributed by atoms with E-state index >= 15 is 0 Å². The minimum atomic E-state index is -4.39. The second-order valence-electron chi connectivity index (χ2n) is 8.39. The molecule has 0 spiro atoms. The molecule has 0 aromatic heterocycles. The van der Waals surface area contributed by atoms with Crippen LogP contribution in [0.1, 0.15) is 31.9 Å². The minimum absolute atomic E-state index is 0.125. The molecule has 0 aliphatic heterocycles. The second-order valence-corrected chi connectivity index (χ2v) is 48.8. The SMILES string of the molecule is C[SiH](C)[Zr]([Cl])([Cl])([NH]C(C)(C)C)[c]1c(Br)ccc2c1Cc1ccccc1-2. The van der Waals surface area contributed by atoms with Crippen LogP contribution in [0, 0.1) is 0 Å². The van der Waals surface area contributed by atoms with Gasteiger partial charge >= 0.3 is 170 Å². The van der Waals surface area contributed by atoms with Gasteiger partial charge in [0.25, 0.3) is 0 Å². The van der Waals surface area contributed by atoms with Gasteiger partial charge < -0.3 is 0 Å². The Hall–Kier alpha value is 0.560. The normalized spacial score (nSPS) is 15.6. The van der Waals surface area contributed by atoms with Gasteiger partial charge in [0, 0.05) is 0 Å². The second kappa shape index (κ2) is 6.57. The Balaban J connectivity index is 2.30. The monoisotopic (exact) mass is 534 g/mol. The summed E-state index contributed by atoms with van der Waals surface area (Å²) in [6.45, 7) is 11.1. The van der Waals surface area contributed by atoms with Crippen LogP contribution in [-0.2, 0) is 22.3 Å². The molecule has 0 unspecified atom stereocenters. The molecule has 1 nitrogen and oxygen atoms in total. The molecule has 0 heterocycles. The molecule has 0 saturated heterocycles. The summed E-state index contributed by atoms with van der Waals surface area (Å²) < 4.78 is 6.06. The van der Waals surface area contributed by atoms with Crippen molar-refractivity contribution in [3.8, 4) is 11.1 Å². The van der Waals surface area contributed by atoms with Crippen LogP contribution in [-0.4, -0.2) is 11.5 Å². The van der Waals surface area contributed by atoms with E-state index in [0.717, 1.165) is 10.9 Å². The van der Waals surface area contributed by atoms with Crippen molar-refractivity contribution < 1.29 is 15.8 Å². The Morgan fingerprint density at radius 1 is 1.04 bits per heavy atom. The fraction of sp³-hybridized carbons (Fsp3) is 0.368. The van der Waals surface area contributed by atoms with E-state index in [2.05, 4.69) is 89.5 Å². The molecule has 135 valence electrons. The standard InChI is InChI=1S/C13H8Br.C4H10N.C2H7Si.2ClH.Zr/c14-11-5-6-13-10(8-11)7-9-3-1-2-4-12(9)13;1-4(2,3)5;1-3-2;;;/h1-6H,7H2;5H,1-3H3;3H,1-2H3;2*1H;/q;-1;;;;+3/p-2. The molecule has 2 aromatic carbocycles. The van der Waals surface area contributed by atoms with Crippen molar-refractivity contribution in [2.75, 3.05) is 0 Å². The van der Waals surface area contributed by atoms with Gasteiger partial charge in [0.1, 0.15) is 0 Å². The zero-order valence-corrected chi connectivity index (χ0v) is 22.1. The van der Waals surface area contributed by atoms with E-state index in [-0.39, 0.29) is 5.54 Å². The van der Waals surface area contributed by atoms with Crippen LogP contribution in [0.5, 0.6) is 0 Å². The number of fused-ring (bicyclic) bond motifs is 3. The maximum atomic E-state index is 7.57. The van der Waals surface area contributed by atoms with Gasteiger partial charge in [-0.05, 0) is 0 Å². The van der Waals surface area contributed by atoms with Gasteiger partial charge in [0.2, 0.25) is 0 Å². The summed E-state index contributed by atoms with van der Waals surface area (Å²) in [6.07, 6.45) is 0.913. The van der Waals surface area contributed by atoms with E-state index in [1.807, 2.05) is 0 Å². The molecule has 25 heavy (non-hydrogen) atoms. The average molecular weight is 538 g/mol. The van der Waals surface area contributed by atoms with E-state index in [9.17, 15) is 0 Å². The third-order valence-electron chi connectivity index (χ3n) is 5.01. The Kier molecular flexibility index (Phi) is 5.33. The van der Waals surface area contributed by atoms with Gasteiger partial charge in [-0.25, -0.2) is 0 Å². The predicted molar refractivity (Wildman–Crippen MR) is 115 cm³/mol. The number of benzene rings is 2. The quantitative estimate of drug-likeness (QED) is 0.409. The first kappa shape index (κ1) is 20.3. The van der Waals surface area contributed by atoms with Gasteiger partial charge in [-0.2, -0.15) is 0 Å². The third kappa shape index (κ3) is 3.52. The van der Waals surface area contributed by atoms with Crippen LogP contribution >= 0.6 is 33.0 Å². The Morgan fingerprint density at radius 2 is 1.68 bits per heavy atom. The van der Waals surface area contributed by atoms with Crippen molar-refractivity contribution in [1.29, 1.82) is 0 Å². The zero-order valence-electron chi connectivity index (χ0n) is 15.4.